The number of carbonyl (C=O) groups is 1. The molecule has 94 valence electrons. The van der Waals surface area contributed by atoms with E-state index in [0.29, 0.717) is 13.0 Å². The first-order valence-corrected chi connectivity index (χ1v) is 7.38. The monoisotopic (exact) mass is 248 g/mol. The maximum atomic E-state index is 11.8. The molecule has 6 heteroatoms. The zero-order valence-corrected chi connectivity index (χ0v) is 10.6. The van der Waals surface area contributed by atoms with Crippen LogP contribution in [0.4, 0.5) is 0 Å². The Balaban J connectivity index is 2.52. The zero-order chi connectivity index (χ0) is 12.3. The third-order valence-corrected chi connectivity index (χ3v) is 4.74. The van der Waals surface area contributed by atoms with E-state index >= 15 is 0 Å². The van der Waals surface area contributed by atoms with E-state index in [1.54, 1.807) is 0 Å². The van der Waals surface area contributed by atoms with Crippen LogP contribution in [0, 0.1) is 11.8 Å². The van der Waals surface area contributed by atoms with Gasteiger partial charge in [-0.05, 0) is 12.3 Å². The average Bonchev–Trinajstić information content (AvgIpc) is 2.45. The summed E-state index contributed by atoms with van der Waals surface area (Å²) in [5.74, 6) is 0.0482. The van der Waals surface area contributed by atoms with Crippen molar-refractivity contribution in [2.75, 3.05) is 18.1 Å². The second-order valence-electron chi connectivity index (χ2n) is 4.69. The molecule has 16 heavy (non-hydrogen) atoms. The molecule has 0 aromatic carbocycles. The van der Waals surface area contributed by atoms with E-state index in [1.807, 2.05) is 13.8 Å². The molecular formula is C10H20N2O3S. The summed E-state index contributed by atoms with van der Waals surface area (Å²) >= 11 is 0. The van der Waals surface area contributed by atoms with Crippen LogP contribution in [-0.2, 0) is 14.6 Å². The van der Waals surface area contributed by atoms with Crippen molar-refractivity contribution in [1.82, 2.24) is 5.32 Å². The predicted octanol–water partition coefficient (Wildman–Crippen LogP) is -0.479. The largest absolute Gasteiger partial charge is 0.352 e. The van der Waals surface area contributed by atoms with E-state index in [2.05, 4.69) is 5.32 Å². The van der Waals surface area contributed by atoms with Gasteiger partial charge in [-0.2, -0.15) is 0 Å². The van der Waals surface area contributed by atoms with Crippen LogP contribution >= 0.6 is 0 Å². The van der Waals surface area contributed by atoms with Gasteiger partial charge in [-0.25, -0.2) is 8.42 Å². The van der Waals surface area contributed by atoms with Crippen molar-refractivity contribution in [2.45, 2.75) is 26.3 Å². The van der Waals surface area contributed by atoms with Crippen LogP contribution in [-0.4, -0.2) is 38.4 Å². The summed E-state index contributed by atoms with van der Waals surface area (Å²) < 4.78 is 22.4. The molecule has 5 nitrogen and oxygen atoms in total. The first-order chi connectivity index (χ1) is 7.35. The maximum absolute atomic E-state index is 11.8. The molecule has 2 unspecified atom stereocenters. The Morgan fingerprint density at radius 2 is 2.12 bits per heavy atom. The van der Waals surface area contributed by atoms with E-state index in [0.717, 1.165) is 0 Å². The highest BCUT2D eigenvalue weighted by atomic mass is 32.2. The van der Waals surface area contributed by atoms with Gasteiger partial charge < -0.3 is 11.1 Å². The molecule has 3 N–H and O–H groups in total. The van der Waals surface area contributed by atoms with Gasteiger partial charge in [0.25, 0.3) is 0 Å². The molecule has 1 aliphatic heterocycles. The topological polar surface area (TPSA) is 89.3 Å². The van der Waals surface area contributed by atoms with Gasteiger partial charge in [-0.3, -0.25) is 4.79 Å². The van der Waals surface area contributed by atoms with Crippen molar-refractivity contribution in [3.8, 4) is 0 Å². The lowest BCUT2D eigenvalue weighted by molar-refractivity contribution is -0.126. The SMILES string of the molecule is CC(C)C(CN)C(=O)NC1CCS(=O)(=O)C1. The van der Waals surface area contributed by atoms with E-state index in [9.17, 15) is 13.2 Å². The molecule has 2 atom stereocenters. The molecule has 0 radical (unpaired) electrons. The first-order valence-electron chi connectivity index (χ1n) is 5.56. The van der Waals surface area contributed by atoms with Crippen LogP contribution in [0.1, 0.15) is 20.3 Å². The number of rotatable bonds is 4. The van der Waals surface area contributed by atoms with Crippen molar-refractivity contribution in [1.29, 1.82) is 0 Å². The third kappa shape index (κ3) is 3.45. The molecular weight excluding hydrogens is 228 g/mol. The first kappa shape index (κ1) is 13.4. The number of hydrogen-bond donors (Lipinski definition) is 2. The molecule has 0 aromatic rings. The van der Waals surface area contributed by atoms with Gasteiger partial charge in [0.2, 0.25) is 5.91 Å². The Morgan fingerprint density at radius 3 is 2.50 bits per heavy atom. The minimum atomic E-state index is -2.94. The Kier molecular flexibility index (Phi) is 4.32. The second kappa shape index (κ2) is 5.14. The number of hydrogen-bond acceptors (Lipinski definition) is 4. The third-order valence-electron chi connectivity index (χ3n) is 2.97. The summed E-state index contributed by atoms with van der Waals surface area (Å²) in [5.41, 5.74) is 5.52. The number of amides is 1. The van der Waals surface area contributed by atoms with E-state index in [4.69, 9.17) is 5.73 Å². The van der Waals surface area contributed by atoms with Crippen molar-refractivity contribution in [2.24, 2.45) is 17.6 Å². The summed E-state index contributed by atoms with van der Waals surface area (Å²) in [6, 6.07) is -0.231. The molecule has 1 fully saturated rings. The smallest absolute Gasteiger partial charge is 0.224 e. The maximum Gasteiger partial charge on any atom is 0.224 e. The Hall–Kier alpha value is -0.620. The molecule has 1 rings (SSSR count). The molecule has 1 amide bonds. The predicted molar refractivity (Wildman–Crippen MR) is 62.6 cm³/mol. The Labute approximate surface area is 96.7 Å². The summed E-state index contributed by atoms with van der Waals surface area (Å²) in [5, 5.41) is 2.77. The number of nitrogens with one attached hydrogen (secondary N) is 1. The van der Waals surface area contributed by atoms with Crippen LogP contribution in [0.15, 0.2) is 0 Å². The lowest BCUT2D eigenvalue weighted by Gasteiger charge is -2.20. The Morgan fingerprint density at radius 1 is 1.50 bits per heavy atom. The zero-order valence-electron chi connectivity index (χ0n) is 9.77. The van der Waals surface area contributed by atoms with E-state index < -0.39 is 9.84 Å². The van der Waals surface area contributed by atoms with Crippen molar-refractivity contribution >= 4 is 15.7 Å². The Bertz CT molecular complexity index is 351. The van der Waals surface area contributed by atoms with Crippen LogP contribution in [0.2, 0.25) is 0 Å². The molecule has 0 spiro atoms. The van der Waals surface area contributed by atoms with E-state index in [-0.39, 0.29) is 35.3 Å². The lowest BCUT2D eigenvalue weighted by Crippen LogP contribution is -2.43. The fourth-order valence-corrected chi connectivity index (χ4v) is 3.57. The molecule has 0 bridgehead atoms. The van der Waals surface area contributed by atoms with E-state index in [1.165, 1.54) is 0 Å². The number of carbonyl (C=O) groups excluding carboxylic acids is 1. The fourth-order valence-electron chi connectivity index (χ4n) is 1.90. The fraction of sp³-hybridized carbons (Fsp3) is 0.900. The van der Waals surface area contributed by atoms with Gasteiger partial charge in [-0.1, -0.05) is 13.8 Å². The summed E-state index contributed by atoms with van der Waals surface area (Å²) in [4.78, 5) is 11.8. The standard InChI is InChI=1S/C10H20N2O3S/c1-7(2)9(5-11)10(13)12-8-3-4-16(14,15)6-8/h7-9H,3-6,11H2,1-2H3,(H,12,13). The van der Waals surface area contributed by atoms with Gasteiger partial charge in [0.05, 0.1) is 17.4 Å². The normalized spacial score (nSPS) is 25.6. The van der Waals surface area contributed by atoms with Gasteiger partial charge in [0.15, 0.2) is 9.84 Å². The minimum absolute atomic E-state index is 0.0636. The van der Waals surface area contributed by atoms with Crippen molar-refractivity contribution in [3.05, 3.63) is 0 Å². The number of sulfone groups is 1. The molecule has 1 saturated heterocycles. The van der Waals surface area contributed by atoms with Gasteiger partial charge in [-0.15, -0.1) is 0 Å². The summed E-state index contributed by atoms with van der Waals surface area (Å²) in [6.07, 6.45) is 0.517. The van der Waals surface area contributed by atoms with Gasteiger partial charge in [0, 0.05) is 12.6 Å². The molecule has 0 saturated carbocycles. The highest BCUT2D eigenvalue weighted by molar-refractivity contribution is 7.91. The molecule has 1 heterocycles. The average molecular weight is 248 g/mol. The minimum Gasteiger partial charge on any atom is -0.352 e. The highest BCUT2D eigenvalue weighted by Gasteiger charge is 2.31. The molecule has 1 aliphatic rings. The summed E-state index contributed by atoms with van der Waals surface area (Å²) in [6.45, 7) is 4.16. The van der Waals surface area contributed by atoms with Crippen LogP contribution in [0.25, 0.3) is 0 Å². The van der Waals surface area contributed by atoms with Gasteiger partial charge >= 0.3 is 0 Å². The molecule has 0 aliphatic carbocycles. The van der Waals surface area contributed by atoms with Crippen LogP contribution in [0.3, 0.4) is 0 Å². The highest BCUT2D eigenvalue weighted by Crippen LogP contribution is 2.14. The second-order valence-corrected chi connectivity index (χ2v) is 6.92. The lowest BCUT2D eigenvalue weighted by atomic mass is 9.95. The number of nitrogens with two attached hydrogens (primary N) is 1. The summed E-state index contributed by atoms with van der Waals surface area (Å²) in [7, 11) is -2.94. The van der Waals surface area contributed by atoms with Crippen LogP contribution < -0.4 is 11.1 Å². The van der Waals surface area contributed by atoms with Crippen LogP contribution in [0.5, 0.6) is 0 Å². The van der Waals surface area contributed by atoms with Crippen molar-refractivity contribution < 1.29 is 13.2 Å². The quantitative estimate of drug-likeness (QED) is 0.703. The molecule has 0 aromatic heterocycles. The van der Waals surface area contributed by atoms with Crippen molar-refractivity contribution in [3.63, 3.8) is 0 Å². The van der Waals surface area contributed by atoms with Gasteiger partial charge in [0.1, 0.15) is 0 Å².